The largest absolute Gasteiger partial charge is 0.379 e. The molecule has 1 fully saturated rings. The molecule has 0 atom stereocenters. The highest BCUT2D eigenvalue weighted by atomic mass is 32.2. The Labute approximate surface area is 107 Å². The average molecular weight is 271 g/mol. The molecule has 1 aromatic heterocycles. The zero-order chi connectivity index (χ0) is 12.6. The summed E-state index contributed by atoms with van der Waals surface area (Å²) < 4.78 is 33.4. The molecule has 0 aliphatic carbocycles. The van der Waals surface area contributed by atoms with E-state index < -0.39 is 10.0 Å². The van der Waals surface area contributed by atoms with Crippen LogP contribution in [-0.2, 0) is 27.7 Å². The minimum absolute atomic E-state index is 0.196. The predicted octanol–water partition coefficient (Wildman–Crippen LogP) is 0.240. The van der Waals surface area contributed by atoms with Crippen LogP contribution in [0.5, 0.6) is 0 Å². The molecule has 1 saturated heterocycles. The summed E-state index contributed by atoms with van der Waals surface area (Å²) in [5, 5.41) is 0.196. The van der Waals surface area contributed by atoms with E-state index in [9.17, 15) is 8.42 Å². The van der Waals surface area contributed by atoms with Crippen LogP contribution in [0.25, 0.3) is 0 Å². The van der Waals surface area contributed by atoms with Crippen LogP contribution in [-0.4, -0.2) is 48.6 Å². The van der Waals surface area contributed by atoms with Gasteiger partial charge in [-0.2, -0.15) is 4.31 Å². The fourth-order valence-electron chi connectivity index (χ4n) is 2.43. The van der Waals surface area contributed by atoms with Crippen molar-refractivity contribution in [3.63, 3.8) is 0 Å². The van der Waals surface area contributed by atoms with E-state index in [4.69, 9.17) is 4.74 Å². The van der Waals surface area contributed by atoms with Crippen LogP contribution in [0.15, 0.2) is 11.2 Å². The van der Waals surface area contributed by atoms with Crippen LogP contribution < -0.4 is 0 Å². The van der Waals surface area contributed by atoms with Gasteiger partial charge in [-0.3, -0.25) is 0 Å². The van der Waals surface area contributed by atoms with E-state index in [0.29, 0.717) is 26.3 Å². The van der Waals surface area contributed by atoms with E-state index in [0.717, 1.165) is 31.6 Å². The highest BCUT2D eigenvalue weighted by Gasteiger charge is 2.29. The predicted molar refractivity (Wildman–Crippen MR) is 64.7 cm³/mol. The lowest BCUT2D eigenvalue weighted by Gasteiger charge is -2.24. The summed E-state index contributed by atoms with van der Waals surface area (Å²) in [6, 6.07) is 0. The monoisotopic (exact) mass is 271 g/mol. The number of aromatic nitrogens is 2. The molecule has 0 saturated carbocycles. The van der Waals surface area contributed by atoms with Crippen LogP contribution in [0.3, 0.4) is 0 Å². The number of aryl methyl sites for hydroxylation is 2. The number of hydrogen-bond donors (Lipinski definition) is 0. The van der Waals surface area contributed by atoms with Crippen molar-refractivity contribution in [1.82, 2.24) is 13.9 Å². The highest BCUT2D eigenvalue weighted by Crippen LogP contribution is 2.20. The molecule has 1 aromatic rings. The summed E-state index contributed by atoms with van der Waals surface area (Å²) in [6.07, 6.45) is 4.74. The van der Waals surface area contributed by atoms with Gasteiger partial charge in [-0.15, -0.1) is 0 Å². The molecule has 0 aromatic carbocycles. The first-order valence-electron chi connectivity index (χ1n) is 6.32. The number of sulfonamides is 1. The molecule has 3 rings (SSSR count). The molecular weight excluding hydrogens is 254 g/mol. The first kappa shape index (κ1) is 12.1. The summed E-state index contributed by atoms with van der Waals surface area (Å²) in [7, 11) is -3.43. The number of morpholine rings is 1. The number of nitrogens with zero attached hydrogens (tertiary/aromatic N) is 3. The van der Waals surface area contributed by atoms with Gasteiger partial charge in [0, 0.05) is 32.3 Å². The van der Waals surface area contributed by atoms with Gasteiger partial charge >= 0.3 is 0 Å². The molecule has 18 heavy (non-hydrogen) atoms. The standard InChI is InChI=1S/C11H17N3O3S/c15-18(16,14-5-7-17-8-6-14)11-9-13-4-2-1-3-10(13)12-11/h9H,1-8H2. The maximum atomic E-state index is 12.4. The van der Waals surface area contributed by atoms with Crippen molar-refractivity contribution in [2.45, 2.75) is 30.8 Å². The van der Waals surface area contributed by atoms with Crippen molar-refractivity contribution in [2.75, 3.05) is 26.3 Å². The van der Waals surface area contributed by atoms with Crippen molar-refractivity contribution in [2.24, 2.45) is 0 Å². The second-order valence-corrected chi connectivity index (χ2v) is 6.55. The second-order valence-electron chi connectivity index (χ2n) is 4.66. The molecule has 0 bridgehead atoms. The molecule has 0 N–H and O–H groups in total. The number of fused-ring (bicyclic) bond motifs is 1. The Morgan fingerprint density at radius 2 is 1.94 bits per heavy atom. The zero-order valence-corrected chi connectivity index (χ0v) is 11.0. The SMILES string of the molecule is O=S(=O)(c1cn2c(n1)CCCC2)N1CCOCC1. The molecule has 0 spiro atoms. The molecule has 0 amide bonds. The van der Waals surface area contributed by atoms with Gasteiger partial charge in [0.05, 0.1) is 13.2 Å². The summed E-state index contributed by atoms with van der Waals surface area (Å²) in [5.41, 5.74) is 0. The van der Waals surface area contributed by atoms with E-state index in [2.05, 4.69) is 4.98 Å². The molecule has 0 unspecified atom stereocenters. The number of imidazole rings is 1. The normalized spacial score (nSPS) is 21.8. The van der Waals surface area contributed by atoms with Gasteiger partial charge in [0.25, 0.3) is 10.0 Å². The second kappa shape index (κ2) is 4.64. The van der Waals surface area contributed by atoms with Crippen molar-refractivity contribution in [3.05, 3.63) is 12.0 Å². The molecule has 3 heterocycles. The fourth-order valence-corrected chi connectivity index (χ4v) is 3.81. The molecule has 6 nitrogen and oxygen atoms in total. The van der Waals surface area contributed by atoms with Gasteiger partial charge in [0.15, 0.2) is 5.03 Å². The summed E-state index contributed by atoms with van der Waals surface area (Å²) in [6.45, 7) is 2.65. The fraction of sp³-hybridized carbons (Fsp3) is 0.727. The third-order valence-corrected chi connectivity index (χ3v) is 5.23. The summed E-state index contributed by atoms with van der Waals surface area (Å²) in [4.78, 5) is 4.29. The lowest BCUT2D eigenvalue weighted by molar-refractivity contribution is 0.0729. The third-order valence-electron chi connectivity index (χ3n) is 3.46. The van der Waals surface area contributed by atoms with Crippen molar-refractivity contribution < 1.29 is 13.2 Å². The minimum Gasteiger partial charge on any atom is -0.379 e. The Morgan fingerprint density at radius 3 is 2.67 bits per heavy atom. The Balaban J connectivity index is 1.90. The Bertz CT molecular complexity index is 508. The number of ether oxygens (including phenoxy) is 1. The molecule has 0 radical (unpaired) electrons. The van der Waals surface area contributed by atoms with Crippen LogP contribution in [0.2, 0.25) is 0 Å². The quantitative estimate of drug-likeness (QED) is 0.773. The van der Waals surface area contributed by atoms with Crippen LogP contribution in [0.1, 0.15) is 18.7 Å². The smallest absolute Gasteiger partial charge is 0.262 e. The number of hydrogen-bond acceptors (Lipinski definition) is 4. The average Bonchev–Trinajstić information content (AvgIpc) is 2.84. The molecule has 100 valence electrons. The van der Waals surface area contributed by atoms with Crippen LogP contribution >= 0.6 is 0 Å². The van der Waals surface area contributed by atoms with Gasteiger partial charge in [0.2, 0.25) is 0 Å². The molecule has 2 aliphatic rings. The summed E-state index contributed by atoms with van der Waals surface area (Å²) in [5.74, 6) is 0.896. The van der Waals surface area contributed by atoms with Gasteiger partial charge in [0.1, 0.15) is 5.82 Å². The van der Waals surface area contributed by atoms with Gasteiger partial charge < -0.3 is 9.30 Å². The van der Waals surface area contributed by atoms with E-state index >= 15 is 0 Å². The Morgan fingerprint density at radius 1 is 1.17 bits per heavy atom. The number of rotatable bonds is 2. The topological polar surface area (TPSA) is 64.4 Å². The van der Waals surface area contributed by atoms with Crippen molar-refractivity contribution in [3.8, 4) is 0 Å². The van der Waals surface area contributed by atoms with E-state index in [1.165, 1.54) is 4.31 Å². The molecule has 2 aliphatic heterocycles. The molecule has 7 heteroatoms. The maximum absolute atomic E-state index is 12.4. The first-order chi connectivity index (χ1) is 8.68. The van der Waals surface area contributed by atoms with E-state index in [1.807, 2.05) is 4.57 Å². The Kier molecular flexibility index (Phi) is 3.13. The zero-order valence-electron chi connectivity index (χ0n) is 10.2. The molecular formula is C11H17N3O3S. The van der Waals surface area contributed by atoms with E-state index in [-0.39, 0.29) is 5.03 Å². The minimum atomic E-state index is -3.43. The first-order valence-corrected chi connectivity index (χ1v) is 7.76. The Hall–Kier alpha value is -0.920. The lowest BCUT2D eigenvalue weighted by atomic mass is 10.2. The van der Waals surface area contributed by atoms with Crippen LogP contribution in [0, 0.1) is 0 Å². The van der Waals surface area contributed by atoms with Crippen LogP contribution in [0.4, 0.5) is 0 Å². The van der Waals surface area contributed by atoms with Gasteiger partial charge in [-0.05, 0) is 12.8 Å². The third kappa shape index (κ3) is 2.06. The highest BCUT2D eigenvalue weighted by molar-refractivity contribution is 7.89. The van der Waals surface area contributed by atoms with Gasteiger partial charge in [-0.25, -0.2) is 13.4 Å². The van der Waals surface area contributed by atoms with Gasteiger partial charge in [-0.1, -0.05) is 0 Å². The maximum Gasteiger partial charge on any atom is 0.262 e. The van der Waals surface area contributed by atoms with Crippen molar-refractivity contribution >= 4 is 10.0 Å². The summed E-state index contributed by atoms with van der Waals surface area (Å²) >= 11 is 0. The van der Waals surface area contributed by atoms with E-state index in [1.54, 1.807) is 6.20 Å². The van der Waals surface area contributed by atoms with Crippen molar-refractivity contribution in [1.29, 1.82) is 0 Å². The lowest BCUT2D eigenvalue weighted by Crippen LogP contribution is -2.40.